The number of hydrogen-bond acceptors (Lipinski definition) is 5. The highest BCUT2D eigenvalue weighted by atomic mass is 35.5. The van der Waals surface area contributed by atoms with Crippen LogP contribution in [0.2, 0.25) is 5.02 Å². The molecule has 1 heterocycles. The van der Waals surface area contributed by atoms with E-state index in [9.17, 15) is 9.59 Å². The van der Waals surface area contributed by atoms with E-state index >= 15 is 0 Å². The van der Waals surface area contributed by atoms with Crippen molar-refractivity contribution < 1.29 is 9.59 Å². The first kappa shape index (κ1) is 25.7. The molecule has 2 atom stereocenters. The number of nitrogens with one attached hydrogen (secondary N) is 2. The van der Waals surface area contributed by atoms with Crippen molar-refractivity contribution in [1.82, 2.24) is 20.7 Å². The van der Waals surface area contributed by atoms with Gasteiger partial charge in [-0.25, -0.2) is 9.80 Å². The molecule has 0 unspecified atom stereocenters. The average Bonchev–Trinajstić information content (AvgIpc) is 3.26. The van der Waals surface area contributed by atoms with Crippen molar-refractivity contribution in [3.05, 3.63) is 34.9 Å². The highest BCUT2D eigenvalue weighted by molar-refractivity contribution is 6.30. The standard InChI is InChI=1S/C24H39ClN6O2/c25-19-10-8-18(9-11-19)16-22(27)23(32)29-30-15-12-21(17-30)31(20-6-2-1-3-7-20)24(33)28-14-5-4-13-26/h8-11,20-22H,1-7,12-17,26-27H2,(H,28,33)(H,29,32)/t21-,22+/m0/s1. The predicted molar refractivity (Wildman–Crippen MR) is 132 cm³/mol. The van der Waals surface area contributed by atoms with Gasteiger partial charge in [0.05, 0.1) is 6.04 Å². The second-order valence-electron chi connectivity index (χ2n) is 9.23. The van der Waals surface area contributed by atoms with Gasteiger partial charge in [0.1, 0.15) is 0 Å². The van der Waals surface area contributed by atoms with Crippen molar-refractivity contribution in [2.24, 2.45) is 11.5 Å². The Hall–Kier alpha value is -1.87. The van der Waals surface area contributed by atoms with E-state index in [0.717, 1.165) is 50.5 Å². The number of amides is 3. The largest absolute Gasteiger partial charge is 0.338 e. The highest BCUT2D eigenvalue weighted by Gasteiger charge is 2.36. The van der Waals surface area contributed by atoms with Crippen LogP contribution in [0.15, 0.2) is 24.3 Å². The SMILES string of the molecule is NCCCCNC(=O)N(C1CCCCC1)[C@H]1CCN(NC(=O)[C@H](N)Cc2ccc(Cl)cc2)C1. The molecule has 1 saturated carbocycles. The molecule has 1 aliphatic carbocycles. The summed E-state index contributed by atoms with van der Waals surface area (Å²) in [6.45, 7) is 2.60. The minimum Gasteiger partial charge on any atom is -0.338 e. The lowest BCUT2D eigenvalue weighted by Gasteiger charge is -2.38. The molecule has 1 saturated heterocycles. The minimum absolute atomic E-state index is 0.0107. The molecule has 2 fully saturated rings. The number of carbonyl (C=O) groups is 2. The van der Waals surface area contributed by atoms with E-state index in [1.165, 1.54) is 6.42 Å². The fourth-order valence-corrected chi connectivity index (χ4v) is 4.95. The summed E-state index contributed by atoms with van der Waals surface area (Å²) in [6, 6.07) is 7.07. The van der Waals surface area contributed by atoms with Crippen LogP contribution in [0, 0.1) is 0 Å². The van der Waals surface area contributed by atoms with Crippen molar-refractivity contribution in [2.75, 3.05) is 26.2 Å². The van der Waals surface area contributed by atoms with E-state index in [2.05, 4.69) is 15.6 Å². The van der Waals surface area contributed by atoms with Crippen LogP contribution < -0.4 is 22.2 Å². The quantitative estimate of drug-likeness (QED) is 0.385. The van der Waals surface area contributed by atoms with Crippen molar-refractivity contribution in [3.8, 4) is 0 Å². The van der Waals surface area contributed by atoms with Gasteiger partial charge in [0.15, 0.2) is 0 Å². The van der Waals surface area contributed by atoms with E-state index < -0.39 is 6.04 Å². The van der Waals surface area contributed by atoms with Gasteiger partial charge in [-0.05, 0) is 62.8 Å². The Morgan fingerprint density at radius 3 is 2.52 bits per heavy atom. The zero-order valence-electron chi connectivity index (χ0n) is 19.5. The van der Waals surface area contributed by atoms with Gasteiger partial charge in [-0.2, -0.15) is 0 Å². The number of hydrogen-bond donors (Lipinski definition) is 4. The fourth-order valence-electron chi connectivity index (χ4n) is 4.82. The molecule has 3 amide bonds. The van der Waals surface area contributed by atoms with Crippen LogP contribution in [0.4, 0.5) is 4.79 Å². The molecule has 3 rings (SSSR count). The summed E-state index contributed by atoms with van der Waals surface area (Å²) in [4.78, 5) is 27.8. The summed E-state index contributed by atoms with van der Waals surface area (Å²) in [5.41, 5.74) is 15.7. The summed E-state index contributed by atoms with van der Waals surface area (Å²) in [5.74, 6) is -0.207. The van der Waals surface area contributed by atoms with Crippen molar-refractivity contribution in [3.63, 3.8) is 0 Å². The second kappa shape index (κ2) is 13.1. The molecule has 1 aromatic rings. The van der Waals surface area contributed by atoms with Crippen LogP contribution in [-0.4, -0.2) is 66.2 Å². The molecule has 9 heteroatoms. The first-order chi connectivity index (χ1) is 16.0. The molecular weight excluding hydrogens is 440 g/mol. The first-order valence-electron chi connectivity index (χ1n) is 12.3. The zero-order chi connectivity index (χ0) is 23.6. The summed E-state index contributed by atoms with van der Waals surface area (Å²) < 4.78 is 0. The van der Waals surface area contributed by atoms with Crippen LogP contribution in [0.1, 0.15) is 56.9 Å². The Morgan fingerprint density at radius 2 is 1.82 bits per heavy atom. The lowest BCUT2D eigenvalue weighted by molar-refractivity contribution is -0.126. The number of hydrazine groups is 1. The molecule has 6 N–H and O–H groups in total. The molecule has 0 aromatic heterocycles. The van der Waals surface area contributed by atoms with E-state index in [-0.39, 0.29) is 24.0 Å². The van der Waals surface area contributed by atoms with Crippen LogP contribution in [0.25, 0.3) is 0 Å². The van der Waals surface area contributed by atoms with E-state index in [0.29, 0.717) is 37.6 Å². The predicted octanol–water partition coefficient (Wildman–Crippen LogP) is 2.40. The average molecular weight is 479 g/mol. The van der Waals surface area contributed by atoms with E-state index in [1.54, 1.807) is 12.1 Å². The Labute approximate surface area is 202 Å². The van der Waals surface area contributed by atoms with Crippen LogP contribution in [0.3, 0.4) is 0 Å². The molecule has 2 aliphatic rings. The van der Waals surface area contributed by atoms with Crippen LogP contribution >= 0.6 is 11.6 Å². The Kier molecular flexibility index (Phi) is 10.2. The molecule has 33 heavy (non-hydrogen) atoms. The Morgan fingerprint density at radius 1 is 1.09 bits per heavy atom. The maximum Gasteiger partial charge on any atom is 0.317 e. The highest BCUT2D eigenvalue weighted by Crippen LogP contribution is 2.27. The van der Waals surface area contributed by atoms with E-state index in [1.807, 2.05) is 17.1 Å². The molecule has 0 radical (unpaired) electrons. The molecule has 184 valence electrons. The van der Waals surface area contributed by atoms with Crippen molar-refractivity contribution >= 4 is 23.5 Å². The molecular formula is C24H39ClN6O2. The number of halogens is 1. The fraction of sp³-hybridized carbons (Fsp3) is 0.667. The second-order valence-corrected chi connectivity index (χ2v) is 9.66. The lowest BCUT2D eigenvalue weighted by Crippen LogP contribution is -2.54. The monoisotopic (exact) mass is 478 g/mol. The first-order valence-corrected chi connectivity index (χ1v) is 12.7. The van der Waals surface area contributed by atoms with E-state index in [4.69, 9.17) is 23.1 Å². The number of benzene rings is 1. The third-order valence-electron chi connectivity index (χ3n) is 6.64. The number of carbonyl (C=O) groups excluding carboxylic acids is 2. The molecule has 1 aliphatic heterocycles. The Balaban J connectivity index is 1.54. The number of urea groups is 1. The summed E-state index contributed by atoms with van der Waals surface area (Å²) >= 11 is 5.93. The lowest BCUT2D eigenvalue weighted by atomic mass is 9.93. The van der Waals surface area contributed by atoms with Crippen molar-refractivity contribution in [2.45, 2.75) is 75.9 Å². The van der Waals surface area contributed by atoms with Gasteiger partial charge < -0.3 is 21.7 Å². The zero-order valence-corrected chi connectivity index (χ0v) is 20.2. The summed E-state index contributed by atoms with van der Waals surface area (Å²) in [6.07, 6.45) is 8.72. The maximum atomic E-state index is 13.1. The molecule has 0 bridgehead atoms. The number of nitrogens with two attached hydrogens (primary N) is 2. The minimum atomic E-state index is -0.648. The third kappa shape index (κ3) is 7.84. The van der Waals surface area contributed by atoms with Gasteiger partial charge in [0, 0.05) is 36.7 Å². The van der Waals surface area contributed by atoms with Gasteiger partial charge in [0.25, 0.3) is 5.91 Å². The van der Waals surface area contributed by atoms with Crippen molar-refractivity contribution in [1.29, 1.82) is 0 Å². The molecule has 0 spiro atoms. The summed E-state index contributed by atoms with van der Waals surface area (Å²) in [5, 5.41) is 5.66. The molecule has 8 nitrogen and oxygen atoms in total. The van der Waals surface area contributed by atoms with Gasteiger partial charge >= 0.3 is 6.03 Å². The van der Waals surface area contributed by atoms with Crippen LogP contribution in [0.5, 0.6) is 0 Å². The summed E-state index contributed by atoms with van der Waals surface area (Å²) in [7, 11) is 0. The number of nitrogens with zero attached hydrogens (tertiary/aromatic N) is 2. The Bertz CT molecular complexity index is 756. The van der Waals surface area contributed by atoms with Gasteiger partial charge in [-0.3, -0.25) is 10.2 Å². The van der Waals surface area contributed by atoms with Gasteiger partial charge in [-0.1, -0.05) is 43.0 Å². The molecule has 1 aromatic carbocycles. The topological polar surface area (TPSA) is 117 Å². The van der Waals surface area contributed by atoms with Gasteiger partial charge in [-0.15, -0.1) is 0 Å². The van der Waals surface area contributed by atoms with Crippen LogP contribution in [-0.2, 0) is 11.2 Å². The van der Waals surface area contributed by atoms with Gasteiger partial charge in [0.2, 0.25) is 0 Å². The normalized spacial score (nSPS) is 20.4. The third-order valence-corrected chi connectivity index (χ3v) is 6.89. The number of rotatable bonds is 10. The smallest absolute Gasteiger partial charge is 0.317 e. The number of unbranched alkanes of at least 4 members (excludes halogenated alkanes) is 1. The maximum absolute atomic E-state index is 13.1.